The molecule has 0 saturated carbocycles. The number of aliphatic hydroxyl groups excluding tert-OH is 1. The van der Waals surface area contributed by atoms with Crippen LogP contribution in [0.5, 0.6) is 0 Å². The maximum atomic E-state index is 13.1. The molecule has 1 aromatic rings. The summed E-state index contributed by atoms with van der Waals surface area (Å²) in [5, 5.41) is 10.1. The number of ether oxygens (including phenoxy) is 1. The second-order valence-corrected chi connectivity index (χ2v) is 5.32. The zero-order valence-corrected chi connectivity index (χ0v) is 11.1. The van der Waals surface area contributed by atoms with Gasteiger partial charge in [0.05, 0.1) is 10.6 Å². The van der Waals surface area contributed by atoms with Crippen LogP contribution in [0, 0.1) is 11.7 Å². The first-order valence-corrected chi connectivity index (χ1v) is 6.66. The molecule has 1 saturated heterocycles. The van der Waals surface area contributed by atoms with Gasteiger partial charge in [0, 0.05) is 13.2 Å². The number of hydrogen-bond donors (Lipinski definition) is 1. The Morgan fingerprint density at radius 3 is 2.76 bits per heavy atom. The summed E-state index contributed by atoms with van der Waals surface area (Å²) in [5.74, 6) is 0.0295. The van der Waals surface area contributed by atoms with Crippen LogP contribution in [0.4, 0.5) is 4.39 Å². The van der Waals surface area contributed by atoms with Gasteiger partial charge in [-0.3, -0.25) is 0 Å². The Morgan fingerprint density at radius 1 is 1.41 bits per heavy atom. The van der Waals surface area contributed by atoms with Crippen molar-refractivity contribution in [2.45, 2.75) is 25.4 Å². The molecule has 0 aliphatic carbocycles. The molecule has 2 rings (SSSR count). The third-order valence-electron chi connectivity index (χ3n) is 3.24. The largest absolute Gasteiger partial charge is 0.392 e. The van der Waals surface area contributed by atoms with E-state index in [0.29, 0.717) is 16.8 Å². The van der Waals surface area contributed by atoms with E-state index in [2.05, 4.69) is 15.9 Å². The first-order chi connectivity index (χ1) is 8.16. The molecule has 1 aromatic carbocycles. The van der Waals surface area contributed by atoms with Crippen molar-refractivity contribution >= 4 is 15.9 Å². The quantitative estimate of drug-likeness (QED) is 0.930. The minimum absolute atomic E-state index is 0.269. The van der Waals surface area contributed by atoms with Gasteiger partial charge < -0.3 is 9.84 Å². The molecular formula is C13H16BrFO2. The predicted octanol–water partition coefficient (Wildman–Crippen LogP) is 2.92. The lowest BCUT2D eigenvalue weighted by Crippen LogP contribution is -2.28. The minimum Gasteiger partial charge on any atom is -0.392 e. The molecule has 0 amide bonds. The smallest absolute Gasteiger partial charge is 0.137 e. The second kappa shape index (κ2) is 5.94. The Morgan fingerprint density at radius 2 is 2.12 bits per heavy atom. The molecule has 1 atom stereocenters. The van der Waals surface area contributed by atoms with Gasteiger partial charge in [-0.2, -0.15) is 0 Å². The van der Waals surface area contributed by atoms with Gasteiger partial charge in [-0.15, -0.1) is 0 Å². The fourth-order valence-corrected chi connectivity index (χ4v) is 2.60. The average Bonchev–Trinajstić information content (AvgIpc) is 2.35. The zero-order chi connectivity index (χ0) is 12.3. The maximum Gasteiger partial charge on any atom is 0.137 e. The average molecular weight is 303 g/mol. The van der Waals surface area contributed by atoms with E-state index in [0.717, 1.165) is 31.6 Å². The first kappa shape index (κ1) is 13.0. The van der Waals surface area contributed by atoms with Crippen LogP contribution in [0.25, 0.3) is 0 Å². The number of rotatable bonds is 3. The van der Waals surface area contributed by atoms with Gasteiger partial charge in [0.15, 0.2) is 0 Å². The molecule has 0 bridgehead atoms. The summed E-state index contributed by atoms with van der Waals surface area (Å²) in [6, 6.07) is 4.89. The van der Waals surface area contributed by atoms with Crippen LogP contribution in [0.15, 0.2) is 22.7 Å². The summed E-state index contributed by atoms with van der Waals surface area (Å²) < 4.78 is 18.8. The molecule has 1 aliphatic heterocycles. The van der Waals surface area contributed by atoms with Crippen molar-refractivity contribution in [3.63, 3.8) is 0 Å². The van der Waals surface area contributed by atoms with Gasteiger partial charge in [-0.25, -0.2) is 4.39 Å². The SMILES string of the molecule is OC(Cc1ccc(F)c(Br)c1)C1CCOCC1. The van der Waals surface area contributed by atoms with Crippen molar-refractivity contribution in [2.75, 3.05) is 13.2 Å². The fourth-order valence-electron chi connectivity index (χ4n) is 2.18. The highest BCUT2D eigenvalue weighted by atomic mass is 79.9. The lowest BCUT2D eigenvalue weighted by atomic mass is 9.90. The van der Waals surface area contributed by atoms with Crippen LogP contribution in [-0.4, -0.2) is 24.4 Å². The normalized spacial score (nSPS) is 19.2. The number of hydrogen-bond acceptors (Lipinski definition) is 2. The second-order valence-electron chi connectivity index (χ2n) is 4.47. The highest BCUT2D eigenvalue weighted by molar-refractivity contribution is 9.10. The van der Waals surface area contributed by atoms with Gasteiger partial charge >= 0.3 is 0 Å². The first-order valence-electron chi connectivity index (χ1n) is 5.86. The molecule has 0 aromatic heterocycles. The fraction of sp³-hybridized carbons (Fsp3) is 0.538. The number of halogens is 2. The van der Waals surface area contributed by atoms with Gasteiger partial charge in [-0.05, 0) is 58.8 Å². The van der Waals surface area contributed by atoms with Crippen LogP contribution in [0.2, 0.25) is 0 Å². The van der Waals surface area contributed by atoms with Gasteiger partial charge in [0.25, 0.3) is 0 Å². The lowest BCUT2D eigenvalue weighted by Gasteiger charge is -2.26. The van der Waals surface area contributed by atoms with E-state index in [1.807, 2.05) is 0 Å². The molecule has 1 N–H and O–H groups in total. The van der Waals surface area contributed by atoms with Crippen LogP contribution in [0.3, 0.4) is 0 Å². The maximum absolute atomic E-state index is 13.1. The highest BCUT2D eigenvalue weighted by Crippen LogP contribution is 2.23. The summed E-state index contributed by atoms with van der Waals surface area (Å²) in [6.07, 6.45) is 2.02. The number of benzene rings is 1. The molecule has 17 heavy (non-hydrogen) atoms. The number of aliphatic hydroxyl groups is 1. The molecule has 94 valence electrons. The van der Waals surface area contributed by atoms with E-state index in [9.17, 15) is 9.50 Å². The Kier molecular flexibility index (Phi) is 4.54. The summed E-state index contributed by atoms with van der Waals surface area (Å²) in [6.45, 7) is 1.46. The molecule has 0 radical (unpaired) electrons. The third-order valence-corrected chi connectivity index (χ3v) is 3.85. The Hall–Kier alpha value is -0.450. The van der Waals surface area contributed by atoms with Crippen molar-refractivity contribution in [2.24, 2.45) is 5.92 Å². The van der Waals surface area contributed by atoms with Crippen molar-refractivity contribution < 1.29 is 14.2 Å². The van der Waals surface area contributed by atoms with Gasteiger partial charge in [-0.1, -0.05) is 6.07 Å². The van der Waals surface area contributed by atoms with Crippen molar-refractivity contribution in [1.29, 1.82) is 0 Å². The summed E-state index contributed by atoms with van der Waals surface area (Å²) >= 11 is 3.16. The lowest BCUT2D eigenvalue weighted by molar-refractivity contribution is 0.00839. The molecule has 4 heteroatoms. The van der Waals surface area contributed by atoms with Crippen molar-refractivity contribution in [3.8, 4) is 0 Å². The molecule has 1 fully saturated rings. The molecule has 1 unspecified atom stereocenters. The Bertz CT molecular complexity index is 378. The molecule has 1 aliphatic rings. The van der Waals surface area contributed by atoms with E-state index in [4.69, 9.17) is 4.74 Å². The summed E-state index contributed by atoms with van der Waals surface area (Å²) in [7, 11) is 0. The Labute approximate surface area is 109 Å². The monoisotopic (exact) mass is 302 g/mol. The molecule has 0 spiro atoms. The van der Waals surface area contributed by atoms with E-state index >= 15 is 0 Å². The van der Waals surface area contributed by atoms with Gasteiger partial charge in [0.1, 0.15) is 5.82 Å². The molecular weight excluding hydrogens is 287 g/mol. The summed E-state index contributed by atoms with van der Waals surface area (Å²) in [5.41, 5.74) is 0.956. The zero-order valence-electron chi connectivity index (χ0n) is 9.53. The van der Waals surface area contributed by atoms with Crippen LogP contribution in [0.1, 0.15) is 18.4 Å². The van der Waals surface area contributed by atoms with Crippen LogP contribution < -0.4 is 0 Å². The van der Waals surface area contributed by atoms with Crippen LogP contribution >= 0.6 is 15.9 Å². The topological polar surface area (TPSA) is 29.5 Å². The van der Waals surface area contributed by atoms with Gasteiger partial charge in [0.2, 0.25) is 0 Å². The standard InChI is InChI=1S/C13H16BrFO2/c14-11-7-9(1-2-12(11)15)8-13(16)10-3-5-17-6-4-10/h1-2,7,10,13,16H,3-6,8H2. The molecule has 1 heterocycles. The third kappa shape index (κ3) is 3.50. The van der Waals surface area contributed by atoms with Crippen LogP contribution in [-0.2, 0) is 11.2 Å². The van der Waals surface area contributed by atoms with E-state index in [1.54, 1.807) is 12.1 Å². The van der Waals surface area contributed by atoms with E-state index in [-0.39, 0.29) is 11.9 Å². The van der Waals surface area contributed by atoms with E-state index < -0.39 is 0 Å². The predicted molar refractivity (Wildman–Crippen MR) is 67.4 cm³/mol. The Balaban J connectivity index is 1.96. The van der Waals surface area contributed by atoms with Crippen molar-refractivity contribution in [3.05, 3.63) is 34.1 Å². The molecule has 2 nitrogen and oxygen atoms in total. The summed E-state index contributed by atoms with van der Waals surface area (Å²) in [4.78, 5) is 0. The van der Waals surface area contributed by atoms with E-state index in [1.165, 1.54) is 6.07 Å². The highest BCUT2D eigenvalue weighted by Gasteiger charge is 2.22. The minimum atomic E-state index is -0.365. The van der Waals surface area contributed by atoms with Crippen molar-refractivity contribution in [1.82, 2.24) is 0 Å².